The fourth-order valence-corrected chi connectivity index (χ4v) is 42.3. The molecule has 0 amide bonds. The van der Waals surface area contributed by atoms with Crippen molar-refractivity contribution in [2.24, 2.45) is 0 Å². The van der Waals surface area contributed by atoms with Crippen LogP contribution < -0.4 is 0 Å². The minimum absolute atomic E-state index is 1.57. The molecule has 2 nitrogen and oxygen atoms in total. The normalized spacial score (nSPS) is 14.6. The zero-order valence-corrected chi connectivity index (χ0v) is 13.4. The summed E-state index contributed by atoms with van der Waals surface area (Å²) in [4.78, 5) is 0. The highest BCUT2D eigenvalue weighted by Gasteiger charge is 2.33. The number of hydrogen-bond acceptors (Lipinski definition) is 4. The van der Waals surface area contributed by atoms with Gasteiger partial charge in [-0.05, 0) is 26.7 Å². The predicted molar refractivity (Wildman–Crippen MR) is 71.6 cm³/mol. The average Bonchev–Trinajstić information content (AvgIpc) is 1.43. The van der Waals surface area contributed by atoms with Gasteiger partial charge in [0.25, 0.3) is 0 Å². The second-order valence-corrected chi connectivity index (χ2v) is 28.8. The van der Waals surface area contributed by atoms with E-state index >= 15 is 0 Å². The van der Waals surface area contributed by atoms with Crippen LogP contribution in [-0.2, 0) is 9.13 Å². The first-order valence-corrected chi connectivity index (χ1v) is 16.4. The van der Waals surface area contributed by atoms with Gasteiger partial charge in [0.1, 0.15) is 12.7 Å². The first-order chi connectivity index (χ1) is 5.41. The molecule has 0 aromatic heterocycles. The van der Waals surface area contributed by atoms with E-state index in [4.69, 9.17) is 0 Å². The molecule has 0 unspecified atom stereocenters. The van der Waals surface area contributed by atoms with Gasteiger partial charge >= 0.3 is 0 Å². The molecule has 0 N–H and O–H groups in total. The molecule has 0 saturated carbocycles. The second-order valence-electron chi connectivity index (χ2n) is 4.09. The summed E-state index contributed by atoms with van der Waals surface area (Å²) in [6.07, 6.45) is -5.74. The van der Waals surface area contributed by atoms with E-state index in [0.29, 0.717) is 0 Å². The van der Waals surface area contributed by atoms with Crippen LogP contribution in [-0.4, -0.2) is 33.0 Å². The monoisotopic (exact) mass is 276 g/mol. The first-order valence-electron chi connectivity index (χ1n) is 3.93. The molecule has 0 aliphatic heterocycles. The zero-order valence-electron chi connectivity index (χ0n) is 9.03. The molecule has 0 aliphatic rings. The maximum Gasteiger partial charge on any atom is 0.188 e. The molecule has 0 aromatic carbocycles. The second kappa shape index (κ2) is 4.48. The van der Waals surface area contributed by atoms with Crippen molar-refractivity contribution < 1.29 is 9.13 Å². The number of rotatable bonds is 4. The third kappa shape index (κ3) is 9.68. The highest BCUT2D eigenvalue weighted by atomic mass is 33.0. The molecular formula is C6H18O2P2S2Si. The zero-order chi connectivity index (χ0) is 10.9. The summed E-state index contributed by atoms with van der Waals surface area (Å²) in [7, 11) is 3.14. The third-order valence-electron chi connectivity index (χ3n) is 0.879. The van der Waals surface area contributed by atoms with E-state index in [1.54, 1.807) is 48.3 Å². The molecule has 13 heavy (non-hydrogen) atoms. The fourth-order valence-electron chi connectivity index (χ4n) is 1.08. The van der Waals surface area contributed by atoms with Gasteiger partial charge in [-0.2, -0.15) is 0 Å². The van der Waals surface area contributed by atoms with E-state index in [0.717, 1.165) is 0 Å². The third-order valence-corrected chi connectivity index (χ3v) is 27.8. The molecule has 0 heterocycles. The van der Waals surface area contributed by atoms with Crippen molar-refractivity contribution in [1.82, 2.24) is 0 Å². The van der Waals surface area contributed by atoms with Gasteiger partial charge < -0.3 is 9.13 Å². The van der Waals surface area contributed by atoms with Gasteiger partial charge in [0.05, 0.1) is 0 Å². The van der Waals surface area contributed by atoms with Crippen molar-refractivity contribution in [1.29, 1.82) is 0 Å². The standard InChI is InChI=1S/C6H18O2P2S2Si/c1-9(2,7)11-13(5,6)12-10(3,4)8/h1-6H3. The van der Waals surface area contributed by atoms with E-state index in [2.05, 4.69) is 13.1 Å². The van der Waals surface area contributed by atoms with Crippen LogP contribution in [0.25, 0.3) is 0 Å². The Morgan fingerprint density at radius 2 is 1.08 bits per heavy atom. The molecular weight excluding hydrogens is 258 g/mol. The van der Waals surface area contributed by atoms with Crippen molar-refractivity contribution in [2.45, 2.75) is 13.1 Å². The Morgan fingerprint density at radius 1 is 0.846 bits per heavy atom. The topological polar surface area (TPSA) is 34.1 Å². The molecule has 0 saturated heterocycles. The quantitative estimate of drug-likeness (QED) is 0.568. The van der Waals surface area contributed by atoms with Gasteiger partial charge in [-0.3, -0.25) is 0 Å². The predicted octanol–water partition coefficient (Wildman–Crippen LogP) is 4.23. The van der Waals surface area contributed by atoms with E-state index in [9.17, 15) is 9.13 Å². The molecule has 80 valence electrons. The van der Waals surface area contributed by atoms with Gasteiger partial charge in [0.2, 0.25) is 0 Å². The van der Waals surface area contributed by atoms with E-state index < -0.39 is 19.1 Å². The van der Waals surface area contributed by atoms with Crippen LogP contribution in [0, 0.1) is 0 Å². The lowest BCUT2D eigenvalue weighted by molar-refractivity contribution is 0.591. The van der Waals surface area contributed by atoms with Crippen LogP contribution in [0.2, 0.25) is 13.1 Å². The molecule has 0 bridgehead atoms. The minimum atomic E-state index is -2.04. The highest BCUT2D eigenvalue weighted by Crippen LogP contribution is 2.66. The SMILES string of the molecule is C[Si](C)(SP(C)(C)=O)SP(C)(C)=O. The van der Waals surface area contributed by atoms with Crippen molar-refractivity contribution in [3.05, 3.63) is 0 Å². The maximum absolute atomic E-state index is 11.6. The van der Waals surface area contributed by atoms with Crippen LogP contribution in [0.3, 0.4) is 0 Å². The Labute approximate surface area is 89.6 Å². The largest absolute Gasteiger partial charge is 0.313 e. The summed E-state index contributed by atoms with van der Waals surface area (Å²) in [6.45, 7) is 11.3. The molecule has 0 fully saturated rings. The summed E-state index contributed by atoms with van der Waals surface area (Å²) >= 11 is 0. The first kappa shape index (κ1) is 14.4. The van der Waals surface area contributed by atoms with Crippen molar-refractivity contribution in [3.8, 4) is 0 Å². The summed E-state index contributed by atoms with van der Waals surface area (Å²) in [6, 6.07) is 0. The highest BCUT2D eigenvalue weighted by molar-refractivity contribution is 8.92. The Kier molecular flexibility index (Phi) is 4.96. The Morgan fingerprint density at radius 3 is 1.23 bits per heavy atom. The Hall–Kier alpha value is 1.38. The lowest BCUT2D eigenvalue weighted by Crippen LogP contribution is -2.14. The summed E-state index contributed by atoms with van der Waals surface area (Å²) in [5.41, 5.74) is 0. The van der Waals surface area contributed by atoms with Crippen LogP contribution in [0.5, 0.6) is 0 Å². The summed E-state index contributed by atoms with van der Waals surface area (Å²) in [5, 5.41) is 0. The van der Waals surface area contributed by atoms with Crippen LogP contribution in [0.15, 0.2) is 0 Å². The van der Waals surface area contributed by atoms with Gasteiger partial charge in [0.15, 0.2) is 6.37 Å². The van der Waals surface area contributed by atoms with Gasteiger partial charge in [0, 0.05) is 0 Å². The molecule has 0 aromatic rings. The lowest BCUT2D eigenvalue weighted by Gasteiger charge is -2.24. The minimum Gasteiger partial charge on any atom is -0.313 e. The van der Waals surface area contributed by atoms with Gasteiger partial charge in [-0.1, -0.05) is 13.1 Å². The Bertz CT molecular complexity index is 242. The van der Waals surface area contributed by atoms with E-state index in [1.165, 1.54) is 0 Å². The number of hydrogen-bond donors (Lipinski definition) is 0. The van der Waals surface area contributed by atoms with Crippen LogP contribution in [0.1, 0.15) is 0 Å². The van der Waals surface area contributed by atoms with Crippen molar-refractivity contribution >= 4 is 40.7 Å². The molecule has 0 atom stereocenters. The molecule has 0 rings (SSSR count). The van der Waals surface area contributed by atoms with Crippen molar-refractivity contribution in [2.75, 3.05) is 26.7 Å². The average molecular weight is 276 g/mol. The Balaban J connectivity index is 4.43. The van der Waals surface area contributed by atoms with E-state index in [1.807, 2.05) is 0 Å². The van der Waals surface area contributed by atoms with Gasteiger partial charge in [-0.25, -0.2) is 0 Å². The molecule has 7 heteroatoms. The van der Waals surface area contributed by atoms with Gasteiger partial charge in [-0.15, -0.1) is 21.7 Å². The van der Waals surface area contributed by atoms with E-state index in [-0.39, 0.29) is 0 Å². The fraction of sp³-hybridized carbons (Fsp3) is 1.00. The van der Waals surface area contributed by atoms with Crippen LogP contribution >= 0.6 is 34.3 Å². The molecule has 0 radical (unpaired) electrons. The lowest BCUT2D eigenvalue weighted by atomic mass is 11.9. The molecule has 0 aliphatic carbocycles. The van der Waals surface area contributed by atoms with Crippen LogP contribution in [0.4, 0.5) is 0 Å². The smallest absolute Gasteiger partial charge is 0.188 e. The van der Waals surface area contributed by atoms with Crippen molar-refractivity contribution in [3.63, 3.8) is 0 Å². The maximum atomic E-state index is 11.6. The summed E-state index contributed by atoms with van der Waals surface area (Å²) < 4.78 is 23.2. The molecule has 0 spiro atoms. The summed E-state index contributed by atoms with van der Waals surface area (Å²) in [5.74, 6) is 0.